The molecule has 0 amide bonds. The molecule has 0 unspecified atom stereocenters. The summed E-state index contributed by atoms with van der Waals surface area (Å²) in [5.41, 5.74) is 7.17. The topological polar surface area (TPSA) is 26.0 Å². The molecule has 1 nitrogen and oxygen atoms in total. The van der Waals surface area contributed by atoms with Gasteiger partial charge in [-0.1, -0.05) is 33.8 Å². The van der Waals surface area contributed by atoms with Crippen LogP contribution in [0.25, 0.3) is 0 Å². The van der Waals surface area contributed by atoms with Crippen molar-refractivity contribution in [3.05, 3.63) is 23.8 Å². The maximum Gasteiger partial charge on any atom is 0.0200 e. The van der Waals surface area contributed by atoms with Gasteiger partial charge < -0.3 is 5.73 Å². The predicted molar refractivity (Wildman–Crippen MR) is 76.3 cm³/mol. The zero-order chi connectivity index (χ0) is 12.2. The fourth-order valence-electron chi connectivity index (χ4n) is 1.46. The van der Waals surface area contributed by atoms with Crippen molar-refractivity contribution in [1.82, 2.24) is 0 Å². The van der Waals surface area contributed by atoms with Gasteiger partial charge in [-0.2, -0.15) is 0 Å². The van der Waals surface area contributed by atoms with E-state index in [9.17, 15) is 0 Å². The monoisotopic (exact) mass is 255 g/mol. The maximum absolute atomic E-state index is 5.87. The molecule has 0 aromatic heterocycles. The van der Waals surface area contributed by atoms with Crippen molar-refractivity contribution < 1.29 is 0 Å². The van der Waals surface area contributed by atoms with Gasteiger partial charge in [0.25, 0.3) is 0 Å². The minimum atomic E-state index is 0.236. The Morgan fingerprint density at radius 3 is 2.31 bits per heavy atom. The standard InChI is InChI=1S/C13H21NS2/c1-5-15-11-7-6-8-12(10(11)9-14)16-13(2,3)4/h6-8H,5,9,14H2,1-4H3. The van der Waals surface area contributed by atoms with E-state index in [1.165, 1.54) is 15.4 Å². The van der Waals surface area contributed by atoms with Gasteiger partial charge in [0.15, 0.2) is 0 Å². The number of nitrogens with two attached hydrogens (primary N) is 1. The zero-order valence-corrected chi connectivity index (χ0v) is 12.2. The lowest BCUT2D eigenvalue weighted by Crippen LogP contribution is -2.09. The van der Waals surface area contributed by atoms with Gasteiger partial charge in [0, 0.05) is 21.1 Å². The Hall–Kier alpha value is -0.120. The first-order chi connectivity index (χ1) is 7.48. The second-order valence-electron chi connectivity index (χ2n) is 4.58. The molecule has 0 saturated heterocycles. The van der Waals surface area contributed by atoms with Crippen LogP contribution >= 0.6 is 23.5 Å². The summed E-state index contributed by atoms with van der Waals surface area (Å²) in [5.74, 6) is 1.09. The van der Waals surface area contributed by atoms with Gasteiger partial charge in [-0.15, -0.1) is 23.5 Å². The van der Waals surface area contributed by atoms with E-state index < -0.39 is 0 Å². The van der Waals surface area contributed by atoms with Crippen molar-refractivity contribution in [2.45, 2.75) is 48.8 Å². The summed E-state index contributed by atoms with van der Waals surface area (Å²) in [6.07, 6.45) is 0. The highest BCUT2D eigenvalue weighted by molar-refractivity contribution is 8.01. The molecule has 1 aromatic carbocycles. The SMILES string of the molecule is CCSc1cccc(SC(C)(C)C)c1CN. The summed E-state index contributed by atoms with van der Waals surface area (Å²) >= 11 is 3.77. The van der Waals surface area contributed by atoms with E-state index in [2.05, 4.69) is 45.9 Å². The summed E-state index contributed by atoms with van der Waals surface area (Å²) in [6.45, 7) is 9.50. The van der Waals surface area contributed by atoms with Crippen LogP contribution in [-0.4, -0.2) is 10.5 Å². The van der Waals surface area contributed by atoms with Crippen molar-refractivity contribution >= 4 is 23.5 Å². The average molecular weight is 255 g/mol. The number of rotatable bonds is 4. The summed E-state index contributed by atoms with van der Waals surface area (Å²) < 4.78 is 0.236. The molecule has 1 aromatic rings. The van der Waals surface area contributed by atoms with Gasteiger partial charge >= 0.3 is 0 Å². The van der Waals surface area contributed by atoms with Crippen LogP contribution in [0.15, 0.2) is 28.0 Å². The van der Waals surface area contributed by atoms with E-state index in [1.54, 1.807) is 0 Å². The summed E-state index contributed by atoms with van der Waals surface area (Å²) in [4.78, 5) is 2.66. The molecule has 1 rings (SSSR count). The molecule has 0 aliphatic rings. The molecule has 0 saturated carbocycles. The van der Waals surface area contributed by atoms with Crippen molar-refractivity contribution in [2.24, 2.45) is 5.73 Å². The number of benzene rings is 1. The average Bonchev–Trinajstić information content (AvgIpc) is 2.16. The molecule has 16 heavy (non-hydrogen) atoms. The van der Waals surface area contributed by atoms with Crippen LogP contribution in [0.1, 0.15) is 33.3 Å². The van der Waals surface area contributed by atoms with Crippen molar-refractivity contribution in [3.63, 3.8) is 0 Å². The Balaban J connectivity index is 3.04. The second-order valence-corrected chi connectivity index (χ2v) is 7.76. The highest BCUT2D eigenvalue weighted by Gasteiger charge is 2.15. The van der Waals surface area contributed by atoms with Gasteiger partial charge in [0.05, 0.1) is 0 Å². The van der Waals surface area contributed by atoms with E-state index in [0.29, 0.717) is 6.54 Å². The third-order valence-corrected chi connectivity index (χ3v) is 4.21. The highest BCUT2D eigenvalue weighted by Crippen LogP contribution is 2.37. The van der Waals surface area contributed by atoms with Crippen LogP contribution in [-0.2, 0) is 6.54 Å². The van der Waals surface area contributed by atoms with Gasteiger partial charge in [-0.3, -0.25) is 0 Å². The van der Waals surface area contributed by atoms with E-state index in [-0.39, 0.29) is 4.75 Å². The Morgan fingerprint density at radius 2 is 1.81 bits per heavy atom. The molecule has 0 aliphatic carbocycles. The molecule has 0 spiro atoms. The van der Waals surface area contributed by atoms with Crippen LogP contribution in [0.5, 0.6) is 0 Å². The summed E-state index contributed by atoms with van der Waals surface area (Å²) in [5, 5.41) is 0. The lowest BCUT2D eigenvalue weighted by Gasteiger charge is -2.20. The normalized spacial score (nSPS) is 11.8. The number of thioether (sulfide) groups is 2. The number of hydrogen-bond acceptors (Lipinski definition) is 3. The van der Waals surface area contributed by atoms with Crippen LogP contribution in [0.2, 0.25) is 0 Å². The van der Waals surface area contributed by atoms with Crippen LogP contribution < -0.4 is 5.73 Å². The molecule has 0 heterocycles. The van der Waals surface area contributed by atoms with E-state index >= 15 is 0 Å². The third-order valence-electron chi connectivity index (χ3n) is 2.01. The molecule has 3 heteroatoms. The molecular formula is C13H21NS2. The molecule has 0 aliphatic heterocycles. The molecule has 0 atom stereocenters. The Kier molecular flexibility index (Phi) is 5.22. The van der Waals surface area contributed by atoms with Crippen LogP contribution in [0, 0.1) is 0 Å². The first kappa shape index (κ1) is 13.9. The largest absolute Gasteiger partial charge is 0.326 e. The first-order valence-electron chi connectivity index (χ1n) is 5.61. The lowest BCUT2D eigenvalue weighted by molar-refractivity contribution is 0.800. The van der Waals surface area contributed by atoms with E-state index in [4.69, 9.17) is 5.73 Å². The second kappa shape index (κ2) is 5.99. The molecule has 0 fully saturated rings. The predicted octanol–water partition coefficient (Wildman–Crippen LogP) is 4.15. The maximum atomic E-state index is 5.87. The Labute approximate surface area is 108 Å². The van der Waals surface area contributed by atoms with Gasteiger partial charge in [0.1, 0.15) is 0 Å². The molecule has 90 valence electrons. The van der Waals surface area contributed by atoms with E-state index in [1.807, 2.05) is 23.5 Å². The summed E-state index contributed by atoms with van der Waals surface area (Å²) in [6, 6.07) is 6.48. The van der Waals surface area contributed by atoms with Crippen molar-refractivity contribution in [3.8, 4) is 0 Å². The summed E-state index contributed by atoms with van der Waals surface area (Å²) in [7, 11) is 0. The number of hydrogen-bond donors (Lipinski definition) is 1. The van der Waals surface area contributed by atoms with Gasteiger partial charge in [-0.25, -0.2) is 0 Å². The molecule has 0 bridgehead atoms. The van der Waals surface area contributed by atoms with Crippen LogP contribution in [0.3, 0.4) is 0 Å². The highest BCUT2D eigenvalue weighted by atomic mass is 32.2. The Morgan fingerprint density at radius 1 is 1.19 bits per heavy atom. The minimum absolute atomic E-state index is 0.236. The first-order valence-corrected chi connectivity index (χ1v) is 7.42. The van der Waals surface area contributed by atoms with Crippen molar-refractivity contribution in [2.75, 3.05) is 5.75 Å². The fourth-order valence-corrected chi connectivity index (χ4v) is 3.50. The fraction of sp³-hybridized carbons (Fsp3) is 0.538. The minimum Gasteiger partial charge on any atom is -0.326 e. The Bertz CT molecular complexity index is 342. The molecular weight excluding hydrogens is 234 g/mol. The quantitative estimate of drug-likeness (QED) is 0.819. The molecule has 2 N–H and O–H groups in total. The zero-order valence-electron chi connectivity index (χ0n) is 10.5. The van der Waals surface area contributed by atoms with Crippen LogP contribution in [0.4, 0.5) is 0 Å². The lowest BCUT2D eigenvalue weighted by atomic mass is 10.2. The van der Waals surface area contributed by atoms with E-state index in [0.717, 1.165) is 5.75 Å². The van der Waals surface area contributed by atoms with Gasteiger partial charge in [0.2, 0.25) is 0 Å². The van der Waals surface area contributed by atoms with Gasteiger partial charge in [-0.05, 0) is 23.4 Å². The third kappa shape index (κ3) is 4.04. The van der Waals surface area contributed by atoms with Crippen molar-refractivity contribution in [1.29, 1.82) is 0 Å². The molecule has 0 radical (unpaired) electrons. The smallest absolute Gasteiger partial charge is 0.0200 e.